The smallest absolute Gasteiger partial charge is 0.329 e. The van der Waals surface area contributed by atoms with Crippen molar-refractivity contribution in [3.63, 3.8) is 0 Å². The van der Waals surface area contributed by atoms with Crippen molar-refractivity contribution in [1.29, 1.82) is 0 Å². The zero-order chi connectivity index (χ0) is 21.9. The summed E-state index contributed by atoms with van der Waals surface area (Å²) in [6, 6.07) is 9.38. The standard InChI is InChI=1S/C20H21FN2O6S/c1-13-2-3-14-10-15(21)4-9-18(14)23(13)30(27,28)17-7-5-16(6-8-17)22-19(24)11-29-12-20(25)26/h4-10,13H,2-3,11-12H2,1H3,(H,22,24)(H,25,26)/t13-/m0/s1. The molecule has 0 radical (unpaired) electrons. The van der Waals surface area contributed by atoms with Gasteiger partial charge in [-0.3, -0.25) is 9.10 Å². The lowest BCUT2D eigenvalue weighted by Gasteiger charge is -2.36. The molecule has 0 unspecified atom stereocenters. The number of carboxylic acids is 1. The first-order valence-electron chi connectivity index (χ1n) is 9.21. The number of halogens is 1. The quantitative estimate of drug-likeness (QED) is 0.689. The number of carboxylic acid groups (broad SMARTS) is 1. The van der Waals surface area contributed by atoms with Gasteiger partial charge in [0, 0.05) is 11.7 Å². The first-order chi connectivity index (χ1) is 14.2. The van der Waals surface area contributed by atoms with Crippen LogP contribution >= 0.6 is 0 Å². The molecule has 0 saturated heterocycles. The summed E-state index contributed by atoms with van der Waals surface area (Å²) in [5, 5.41) is 11.0. The normalized spacial score (nSPS) is 16.1. The second-order valence-corrected chi connectivity index (χ2v) is 8.74. The van der Waals surface area contributed by atoms with E-state index in [1.165, 1.54) is 46.8 Å². The summed E-state index contributed by atoms with van der Waals surface area (Å²) in [5.74, 6) is -2.16. The first kappa shape index (κ1) is 21.7. The Morgan fingerprint density at radius 3 is 2.57 bits per heavy atom. The molecule has 0 bridgehead atoms. The average Bonchev–Trinajstić information content (AvgIpc) is 2.68. The Balaban J connectivity index is 1.77. The zero-order valence-corrected chi connectivity index (χ0v) is 17.0. The highest BCUT2D eigenvalue weighted by Gasteiger charge is 2.34. The molecule has 1 aliphatic rings. The van der Waals surface area contributed by atoms with Gasteiger partial charge in [0.2, 0.25) is 5.91 Å². The van der Waals surface area contributed by atoms with E-state index in [4.69, 9.17) is 9.84 Å². The van der Waals surface area contributed by atoms with Crippen molar-refractivity contribution in [2.24, 2.45) is 0 Å². The number of amides is 1. The van der Waals surface area contributed by atoms with Crippen molar-refractivity contribution in [1.82, 2.24) is 0 Å². The molecule has 30 heavy (non-hydrogen) atoms. The number of ether oxygens (including phenoxy) is 1. The predicted octanol–water partition coefficient (Wildman–Crippen LogP) is 2.40. The number of benzene rings is 2. The number of nitrogens with zero attached hydrogens (tertiary/aromatic N) is 1. The Labute approximate surface area is 173 Å². The number of anilines is 2. The van der Waals surface area contributed by atoms with Gasteiger partial charge in [-0.25, -0.2) is 17.6 Å². The molecule has 0 fully saturated rings. The minimum Gasteiger partial charge on any atom is -0.480 e. The predicted molar refractivity (Wildman–Crippen MR) is 107 cm³/mol. The number of aliphatic carboxylic acids is 1. The van der Waals surface area contributed by atoms with E-state index in [1.54, 1.807) is 6.92 Å². The summed E-state index contributed by atoms with van der Waals surface area (Å²) in [6.45, 7) is 0.768. The molecule has 1 aliphatic heterocycles. The third-order valence-corrected chi connectivity index (χ3v) is 6.61. The van der Waals surface area contributed by atoms with Crippen molar-refractivity contribution in [3.8, 4) is 0 Å². The Morgan fingerprint density at radius 1 is 1.20 bits per heavy atom. The fourth-order valence-electron chi connectivity index (χ4n) is 3.31. The first-order valence-corrected chi connectivity index (χ1v) is 10.6. The van der Waals surface area contributed by atoms with Crippen LogP contribution in [0.5, 0.6) is 0 Å². The van der Waals surface area contributed by atoms with Crippen LogP contribution in [-0.2, 0) is 30.8 Å². The van der Waals surface area contributed by atoms with Crippen molar-refractivity contribution >= 4 is 33.3 Å². The number of rotatable bonds is 7. The number of carbonyl (C=O) groups is 2. The monoisotopic (exact) mass is 436 g/mol. The topological polar surface area (TPSA) is 113 Å². The lowest BCUT2D eigenvalue weighted by Crippen LogP contribution is -2.42. The third-order valence-electron chi connectivity index (χ3n) is 4.66. The van der Waals surface area contributed by atoms with Gasteiger partial charge in [-0.15, -0.1) is 0 Å². The number of nitrogens with one attached hydrogen (secondary N) is 1. The van der Waals surface area contributed by atoms with Gasteiger partial charge in [-0.05, 0) is 67.8 Å². The van der Waals surface area contributed by atoms with Gasteiger partial charge in [0.05, 0.1) is 10.6 Å². The highest BCUT2D eigenvalue weighted by Crippen LogP contribution is 2.35. The van der Waals surface area contributed by atoms with Gasteiger partial charge in [0.15, 0.2) is 0 Å². The highest BCUT2D eigenvalue weighted by molar-refractivity contribution is 7.92. The molecule has 2 aromatic carbocycles. The van der Waals surface area contributed by atoms with Crippen LogP contribution in [0.1, 0.15) is 18.9 Å². The van der Waals surface area contributed by atoms with E-state index in [0.29, 0.717) is 29.8 Å². The summed E-state index contributed by atoms with van der Waals surface area (Å²) in [4.78, 5) is 22.2. The number of hydrogen-bond donors (Lipinski definition) is 2. The van der Waals surface area contributed by atoms with Crippen LogP contribution in [0, 0.1) is 5.82 Å². The number of fused-ring (bicyclic) bond motifs is 1. The average molecular weight is 436 g/mol. The van der Waals surface area contributed by atoms with Crippen LogP contribution in [0.3, 0.4) is 0 Å². The molecular formula is C20H21FN2O6S. The maximum atomic E-state index is 13.6. The minimum absolute atomic E-state index is 0.0339. The number of aryl methyl sites for hydroxylation is 1. The van der Waals surface area contributed by atoms with Crippen molar-refractivity contribution in [3.05, 3.63) is 53.8 Å². The Bertz CT molecular complexity index is 1060. The second-order valence-electron chi connectivity index (χ2n) is 6.92. The van der Waals surface area contributed by atoms with Gasteiger partial charge in [0.1, 0.15) is 19.0 Å². The summed E-state index contributed by atoms with van der Waals surface area (Å²) in [5.41, 5.74) is 1.44. The SMILES string of the molecule is C[C@H]1CCc2cc(F)ccc2N1S(=O)(=O)c1ccc(NC(=O)COCC(=O)O)cc1. The van der Waals surface area contributed by atoms with Crippen molar-refractivity contribution < 1.29 is 32.2 Å². The van der Waals surface area contributed by atoms with Crippen LogP contribution in [0.25, 0.3) is 0 Å². The molecule has 2 N–H and O–H groups in total. The van der Waals surface area contributed by atoms with Gasteiger partial charge in [-0.1, -0.05) is 0 Å². The molecule has 1 amide bonds. The van der Waals surface area contributed by atoms with Crippen molar-refractivity contribution in [2.45, 2.75) is 30.7 Å². The lowest BCUT2D eigenvalue weighted by molar-refractivity contribution is -0.143. The molecular weight excluding hydrogens is 415 g/mol. The van der Waals surface area contributed by atoms with Gasteiger partial charge < -0.3 is 15.2 Å². The van der Waals surface area contributed by atoms with Crippen LogP contribution in [0.4, 0.5) is 15.8 Å². The van der Waals surface area contributed by atoms with Crippen LogP contribution in [-0.4, -0.2) is 44.7 Å². The summed E-state index contributed by atoms with van der Waals surface area (Å²) < 4.78 is 46.1. The Kier molecular flexibility index (Phi) is 6.37. The van der Waals surface area contributed by atoms with E-state index in [9.17, 15) is 22.4 Å². The fraction of sp³-hybridized carbons (Fsp3) is 0.300. The molecule has 0 spiro atoms. The van der Waals surface area contributed by atoms with E-state index in [2.05, 4.69) is 5.32 Å². The Hall–Kier alpha value is -2.98. The van der Waals surface area contributed by atoms with Crippen LogP contribution < -0.4 is 9.62 Å². The molecule has 3 rings (SSSR count). The number of sulfonamides is 1. The molecule has 8 nitrogen and oxygen atoms in total. The molecule has 1 heterocycles. The van der Waals surface area contributed by atoms with Crippen LogP contribution in [0.2, 0.25) is 0 Å². The van der Waals surface area contributed by atoms with Gasteiger partial charge in [0.25, 0.3) is 10.0 Å². The molecule has 2 aromatic rings. The van der Waals surface area contributed by atoms with Crippen molar-refractivity contribution in [2.75, 3.05) is 22.8 Å². The van der Waals surface area contributed by atoms with E-state index in [0.717, 1.165) is 0 Å². The van der Waals surface area contributed by atoms with E-state index < -0.39 is 40.9 Å². The highest BCUT2D eigenvalue weighted by atomic mass is 32.2. The molecule has 0 saturated carbocycles. The molecule has 160 valence electrons. The van der Waals surface area contributed by atoms with E-state index in [1.807, 2.05) is 0 Å². The molecule has 0 aromatic heterocycles. The maximum Gasteiger partial charge on any atom is 0.329 e. The largest absolute Gasteiger partial charge is 0.480 e. The maximum absolute atomic E-state index is 13.6. The summed E-state index contributed by atoms with van der Waals surface area (Å²) in [6.07, 6.45) is 1.16. The molecule has 0 aliphatic carbocycles. The molecule has 1 atom stereocenters. The van der Waals surface area contributed by atoms with E-state index in [-0.39, 0.29) is 10.9 Å². The number of carbonyl (C=O) groups excluding carboxylic acids is 1. The molecule has 10 heteroatoms. The summed E-state index contributed by atoms with van der Waals surface area (Å²) in [7, 11) is -3.90. The fourth-order valence-corrected chi connectivity index (χ4v) is 5.03. The van der Waals surface area contributed by atoms with E-state index >= 15 is 0 Å². The van der Waals surface area contributed by atoms with Crippen LogP contribution in [0.15, 0.2) is 47.4 Å². The van der Waals surface area contributed by atoms with Gasteiger partial charge in [-0.2, -0.15) is 0 Å². The lowest BCUT2D eigenvalue weighted by atomic mass is 9.99. The third kappa shape index (κ3) is 4.77. The Morgan fingerprint density at radius 2 is 1.90 bits per heavy atom. The second kappa shape index (κ2) is 8.80. The summed E-state index contributed by atoms with van der Waals surface area (Å²) >= 11 is 0. The van der Waals surface area contributed by atoms with Gasteiger partial charge >= 0.3 is 5.97 Å². The minimum atomic E-state index is -3.90. The zero-order valence-electron chi connectivity index (χ0n) is 16.2. The number of hydrogen-bond acceptors (Lipinski definition) is 5.